The fourth-order valence-corrected chi connectivity index (χ4v) is 4.68. The van der Waals surface area contributed by atoms with E-state index in [4.69, 9.17) is 4.74 Å². The molecule has 2 aliphatic rings. The fourth-order valence-electron chi connectivity index (χ4n) is 4.68. The number of nitrogens with one attached hydrogen (secondary N) is 1. The largest absolute Gasteiger partial charge is 0.497 e. The van der Waals surface area contributed by atoms with Crippen LogP contribution in [0.15, 0.2) is 24.3 Å². The van der Waals surface area contributed by atoms with Gasteiger partial charge in [0.2, 0.25) is 17.7 Å². The Morgan fingerprint density at radius 3 is 2.58 bits per heavy atom. The van der Waals surface area contributed by atoms with E-state index in [0.29, 0.717) is 26.1 Å². The molecular formula is C24H35N3O4. The van der Waals surface area contributed by atoms with Crippen LogP contribution in [0.4, 0.5) is 0 Å². The molecule has 3 unspecified atom stereocenters. The second-order valence-electron chi connectivity index (χ2n) is 8.51. The van der Waals surface area contributed by atoms with Crippen molar-refractivity contribution >= 4 is 17.7 Å². The second-order valence-corrected chi connectivity index (χ2v) is 8.51. The lowest BCUT2D eigenvalue weighted by Gasteiger charge is -2.36. The molecule has 1 aromatic carbocycles. The van der Waals surface area contributed by atoms with Gasteiger partial charge >= 0.3 is 0 Å². The minimum atomic E-state index is -0.404. The van der Waals surface area contributed by atoms with Gasteiger partial charge in [-0.2, -0.15) is 0 Å². The van der Waals surface area contributed by atoms with Gasteiger partial charge in [0.05, 0.1) is 19.1 Å². The molecule has 1 N–H and O–H groups in total. The molecule has 3 amide bonds. The Kier molecular flexibility index (Phi) is 7.93. The standard InChI is InChI=1S/C24H35N3O4/c1-4-6-14-27-22(29)15-20(23(27)17-9-11-19(31-3)12-10-17)24(30)26-13-7-8-18(16-26)25-21(28)5-2/h9-12,18,20,23H,4-8,13-16H2,1-3H3,(H,25,28). The predicted molar refractivity (Wildman–Crippen MR) is 118 cm³/mol. The lowest BCUT2D eigenvalue weighted by Crippen LogP contribution is -2.51. The van der Waals surface area contributed by atoms with E-state index in [9.17, 15) is 14.4 Å². The van der Waals surface area contributed by atoms with Crippen LogP contribution in [0.3, 0.4) is 0 Å². The first-order valence-corrected chi connectivity index (χ1v) is 11.5. The van der Waals surface area contributed by atoms with Crippen molar-refractivity contribution in [3.8, 4) is 5.75 Å². The molecule has 0 aromatic heterocycles. The normalized spacial score (nSPS) is 23.7. The summed E-state index contributed by atoms with van der Waals surface area (Å²) >= 11 is 0. The maximum atomic E-state index is 13.6. The first-order valence-electron chi connectivity index (χ1n) is 11.5. The third-order valence-electron chi connectivity index (χ3n) is 6.38. The van der Waals surface area contributed by atoms with E-state index in [2.05, 4.69) is 12.2 Å². The minimum absolute atomic E-state index is 0.0113. The molecule has 2 aliphatic heterocycles. The lowest BCUT2D eigenvalue weighted by atomic mass is 9.91. The first-order chi connectivity index (χ1) is 15.0. The number of piperidine rings is 1. The Morgan fingerprint density at radius 2 is 1.94 bits per heavy atom. The van der Waals surface area contributed by atoms with E-state index >= 15 is 0 Å². The number of rotatable bonds is 8. The van der Waals surface area contributed by atoms with E-state index in [1.165, 1.54) is 0 Å². The van der Waals surface area contributed by atoms with Crippen molar-refractivity contribution in [3.05, 3.63) is 29.8 Å². The van der Waals surface area contributed by atoms with Crippen LogP contribution < -0.4 is 10.1 Å². The predicted octanol–water partition coefficient (Wildman–Crippen LogP) is 2.90. The van der Waals surface area contributed by atoms with Gasteiger partial charge in [0.1, 0.15) is 5.75 Å². The zero-order valence-electron chi connectivity index (χ0n) is 18.9. The molecule has 0 saturated carbocycles. The van der Waals surface area contributed by atoms with Gasteiger partial charge in [-0.3, -0.25) is 14.4 Å². The number of nitrogens with zero attached hydrogens (tertiary/aromatic N) is 2. The SMILES string of the molecule is CCCCN1C(=O)CC(C(=O)N2CCCC(NC(=O)CC)C2)C1c1ccc(OC)cc1. The molecule has 0 spiro atoms. The van der Waals surface area contributed by atoms with Gasteiger partial charge in [0.25, 0.3) is 0 Å². The summed E-state index contributed by atoms with van der Waals surface area (Å²) in [6, 6.07) is 7.41. The highest BCUT2D eigenvalue weighted by atomic mass is 16.5. The number of hydrogen-bond acceptors (Lipinski definition) is 4. The van der Waals surface area contributed by atoms with Gasteiger partial charge < -0.3 is 19.9 Å². The van der Waals surface area contributed by atoms with Crippen molar-refractivity contribution in [2.45, 2.75) is 64.5 Å². The van der Waals surface area contributed by atoms with Crippen LogP contribution in [0.2, 0.25) is 0 Å². The summed E-state index contributed by atoms with van der Waals surface area (Å²) in [6.07, 6.45) is 4.31. The number of amides is 3. The third-order valence-corrected chi connectivity index (χ3v) is 6.38. The number of unbranched alkanes of at least 4 members (excludes halogenated alkanes) is 1. The van der Waals surface area contributed by atoms with Gasteiger partial charge in [-0.15, -0.1) is 0 Å². The number of carbonyl (C=O) groups excluding carboxylic acids is 3. The van der Waals surface area contributed by atoms with Crippen LogP contribution in [0, 0.1) is 5.92 Å². The van der Waals surface area contributed by atoms with Crippen LogP contribution in [-0.4, -0.2) is 60.3 Å². The summed E-state index contributed by atoms with van der Waals surface area (Å²) < 4.78 is 5.28. The summed E-state index contributed by atoms with van der Waals surface area (Å²) in [5, 5.41) is 3.02. The highest BCUT2D eigenvalue weighted by Gasteiger charge is 2.46. The monoisotopic (exact) mass is 429 g/mol. The topological polar surface area (TPSA) is 79.0 Å². The summed E-state index contributed by atoms with van der Waals surface area (Å²) in [5.41, 5.74) is 0.967. The quantitative estimate of drug-likeness (QED) is 0.689. The molecule has 0 radical (unpaired) electrons. The molecule has 170 valence electrons. The van der Waals surface area contributed by atoms with Crippen molar-refractivity contribution in [2.24, 2.45) is 5.92 Å². The van der Waals surface area contributed by atoms with Crippen LogP contribution in [0.5, 0.6) is 5.75 Å². The van der Waals surface area contributed by atoms with Crippen molar-refractivity contribution in [1.82, 2.24) is 15.1 Å². The van der Waals surface area contributed by atoms with E-state index in [-0.39, 0.29) is 36.2 Å². The highest BCUT2D eigenvalue weighted by molar-refractivity contribution is 5.90. The zero-order chi connectivity index (χ0) is 22.4. The Bertz CT molecular complexity index is 780. The first kappa shape index (κ1) is 23.1. The number of likely N-dealkylation sites (tertiary alicyclic amines) is 2. The van der Waals surface area contributed by atoms with Crippen molar-refractivity contribution in [1.29, 1.82) is 0 Å². The Labute approximate surface area is 185 Å². The molecule has 31 heavy (non-hydrogen) atoms. The number of benzene rings is 1. The number of ether oxygens (including phenoxy) is 1. The van der Waals surface area contributed by atoms with Gasteiger partial charge in [-0.25, -0.2) is 0 Å². The highest BCUT2D eigenvalue weighted by Crippen LogP contribution is 2.40. The minimum Gasteiger partial charge on any atom is -0.497 e. The van der Waals surface area contributed by atoms with E-state index in [1.54, 1.807) is 7.11 Å². The van der Waals surface area contributed by atoms with E-state index in [1.807, 2.05) is 41.0 Å². The van der Waals surface area contributed by atoms with Crippen molar-refractivity contribution in [2.75, 3.05) is 26.7 Å². The molecule has 3 atom stereocenters. The summed E-state index contributed by atoms with van der Waals surface area (Å²) in [7, 11) is 1.62. The Balaban J connectivity index is 1.81. The average molecular weight is 430 g/mol. The van der Waals surface area contributed by atoms with Crippen molar-refractivity contribution in [3.63, 3.8) is 0 Å². The molecular weight excluding hydrogens is 394 g/mol. The number of hydrogen-bond donors (Lipinski definition) is 1. The van der Waals surface area contributed by atoms with Crippen LogP contribution in [0.25, 0.3) is 0 Å². The average Bonchev–Trinajstić information content (AvgIpc) is 3.13. The Hall–Kier alpha value is -2.57. The zero-order valence-corrected chi connectivity index (χ0v) is 18.9. The molecule has 7 heteroatoms. The summed E-state index contributed by atoms with van der Waals surface area (Å²) in [6.45, 7) is 5.77. The summed E-state index contributed by atoms with van der Waals surface area (Å²) in [5.74, 6) is 0.418. The maximum absolute atomic E-state index is 13.6. The van der Waals surface area contributed by atoms with Gasteiger partial charge in [-0.05, 0) is 37.0 Å². The maximum Gasteiger partial charge on any atom is 0.228 e. The molecule has 3 rings (SSSR count). The molecule has 2 heterocycles. The molecule has 1 aromatic rings. The van der Waals surface area contributed by atoms with E-state index < -0.39 is 5.92 Å². The third kappa shape index (κ3) is 5.38. The van der Waals surface area contributed by atoms with Crippen LogP contribution in [-0.2, 0) is 14.4 Å². The van der Waals surface area contributed by atoms with Gasteiger partial charge in [-0.1, -0.05) is 32.4 Å². The van der Waals surface area contributed by atoms with Crippen molar-refractivity contribution < 1.29 is 19.1 Å². The number of carbonyl (C=O) groups is 3. The molecule has 0 bridgehead atoms. The summed E-state index contributed by atoms with van der Waals surface area (Å²) in [4.78, 5) is 42.0. The molecule has 0 aliphatic carbocycles. The van der Waals surface area contributed by atoms with Gasteiger partial charge in [0, 0.05) is 38.5 Å². The molecule has 2 fully saturated rings. The van der Waals surface area contributed by atoms with E-state index in [0.717, 1.165) is 37.0 Å². The fraction of sp³-hybridized carbons (Fsp3) is 0.625. The molecule has 7 nitrogen and oxygen atoms in total. The van der Waals surface area contributed by atoms with Crippen LogP contribution in [0.1, 0.15) is 64.0 Å². The Morgan fingerprint density at radius 1 is 1.19 bits per heavy atom. The lowest BCUT2D eigenvalue weighted by molar-refractivity contribution is -0.138. The van der Waals surface area contributed by atoms with Gasteiger partial charge in [0.15, 0.2) is 0 Å². The molecule has 2 saturated heterocycles. The second kappa shape index (κ2) is 10.6. The smallest absolute Gasteiger partial charge is 0.228 e. The number of methoxy groups -OCH3 is 1. The van der Waals surface area contributed by atoms with Crippen LogP contribution >= 0.6 is 0 Å².